The van der Waals surface area contributed by atoms with Gasteiger partial charge in [-0.25, -0.2) is 10.2 Å². The van der Waals surface area contributed by atoms with E-state index in [-0.39, 0.29) is 0 Å². The molecule has 1 unspecified atom stereocenters. The van der Waals surface area contributed by atoms with Crippen molar-refractivity contribution in [1.82, 2.24) is 5.43 Å². The monoisotopic (exact) mass is 195 g/mol. The SMILES string of the molecule is CC(C)=C1CC(C)C/C1=N\NC(N)=O. The third-order valence-corrected chi connectivity index (χ3v) is 2.35. The lowest BCUT2D eigenvalue weighted by Gasteiger charge is -2.02. The van der Waals surface area contributed by atoms with Crippen LogP contribution in [0.25, 0.3) is 0 Å². The number of carbonyl (C=O) groups excluding carboxylic acids is 1. The molecule has 4 nitrogen and oxygen atoms in total. The first-order valence-corrected chi connectivity index (χ1v) is 4.79. The van der Waals surface area contributed by atoms with Gasteiger partial charge in [0.15, 0.2) is 0 Å². The van der Waals surface area contributed by atoms with Crippen molar-refractivity contribution in [2.45, 2.75) is 33.6 Å². The molecule has 1 saturated carbocycles. The highest BCUT2D eigenvalue weighted by Crippen LogP contribution is 2.29. The number of hydrazone groups is 1. The van der Waals surface area contributed by atoms with E-state index in [0.29, 0.717) is 5.92 Å². The van der Waals surface area contributed by atoms with Crippen LogP contribution in [0.2, 0.25) is 0 Å². The highest BCUT2D eigenvalue weighted by atomic mass is 16.2. The Morgan fingerprint density at radius 3 is 2.64 bits per heavy atom. The van der Waals surface area contributed by atoms with E-state index in [1.807, 2.05) is 0 Å². The number of allylic oxidation sites excluding steroid dienone is 2. The minimum absolute atomic E-state index is 0.605. The predicted octanol–water partition coefficient (Wildman–Crippen LogP) is 1.78. The average Bonchev–Trinajstić information content (AvgIpc) is 2.43. The van der Waals surface area contributed by atoms with Crippen LogP contribution in [0.1, 0.15) is 33.6 Å². The van der Waals surface area contributed by atoms with Crippen LogP contribution in [0.3, 0.4) is 0 Å². The highest BCUT2D eigenvalue weighted by Gasteiger charge is 2.23. The van der Waals surface area contributed by atoms with Crippen molar-refractivity contribution in [3.8, 4) is 0 Å². The third kappa shape index (κ3) is 2.58. The topological polar surface area (TPSA) is 67.5 Å². The van der Waals surface area contributed by atoms with Crippen LogP contribution in [0.15, 0.2) is 16.2 Å². The first kappa shape index (κ1) is 10.8. The van der Waals surface area contributed by atoms with Gasteiger partial charge in [0, 0.05) is 0 Å². The molecule has 2 amide bonds. The summed E-state index contributed by atoms with van der Waals surface area (Å²) >= 11 is 0. The van der Waals surface area contributed by atoms with Crippen molar-refractivity contribution >= 4 is 11.7 Å². The molecule has 78 valence electrons. The molecule has 1 aliphatic carbocycles. The maximum atomic E-state index is 10.5. The lowest BCUT2D eigenvalue weighted by molar-refractivity contribution is 0.249. The smallest absolute Gasteiger partial charge is 0.332 e. The molecule has 0 aromatic carbocycles. The fourth-order valence-electron chi connectivity index (χ4n) is 1.72. The second-order valence-corrected chi connectivity index (χ2v) is 4.03. The number of hydrogen-bond acceptors (Lipinski definition) is 2. The summed E-state index contributed by atoms with van der Waals surface area (Å²) in [7, 11) is 0. The maximum Gasteiger partial charge on any atom is 0.332 e. The Balaban J connectivity index is 2.82. The minimum Gasteiger partial charge on any atom is -0.350 e. The zero-order chi connectivity index (χ0) is 10.7. The first-order chi connectivity index (χ1) is 6.50. The van der Waals surface area contributed by atoms with Crippen LogP contribution in [0.5, 0.6) is 0 Å². The number of nitrogens with one attached hydrogen (secondary N) is 1. The lowest BCUT2D eigenvalue weighted by atomic mass is 10.1. The molecule has 1 rings (SSSR count). The van der Waals surface area contributed by atoms with Gasteiger partial charge in [-0.1, -0.05) is 12.5 Å². The van der Waals surface area contributed by atoms with Gasteiger partial charge in [0.2, 0.25) is 0 Å². The number of nitrogens with zero attached hydrogens (tertiary/aromatic N) is 1. The first-order valence-electron chi connectivity index (χ1n) is 4.79. The van der Waals surface area contributed by atoms with Crippen molar-refractivity contribution in [2.24, 2.45) is 16.8 Å². The summed E-state index contributed by atoms with van der Waals surface area (Å²) in [6.45, 7) is 6.30. The Kier molecular flexibility index (Phi) is 3.28. The summed E-state index contributed by atoms with van der Waals surface area (Å²) in [6, 6.07) is -0.606. The number of rotatable bonds is 1. The molecule has 0 radical (unpaired) electrons. The van der Waals surface area contributed by atoms with Crippen molar-refractivity contribution in [3.05, 3.63) is 11.1 Å². The molecule has 0 aromatic heterocycles. The highest BCUT2D eigenvalue weighted by molar-refractivity contribution is 6.03. The summed E-state index contributed by atoms with van der Waals surface area (Å²) in [4.78, 5) is 10.5. The summed E-state index contributed by atoms with van der Waals surface area (Å²) < 4.78 is 0. The number of primary amides is 1. The molecule has 4 heteroatoms. The number of carbonyl (C=O) groups is 1. The minimum atomic E-state index is -0.606. The summed E-state index contributed by atoms with van der Waals surface area (Å²) in [5.41, 5.74) is 10.7. The fourth-order valence-corrected chi connectivity index (χ4v) is 1.72. The van der Waals surface area contributed by atoms with Crippen molar-refractivity contribution in [1.29, 1.82) is 0 Å². The zero-order valence-corrected chi connectivity index (χ0v) is 8.92. The molecule has 14 heavy (non-hydrogen) atoms. The molecule has 0 aliphatic heterocycles. The molecule has 0 bridgehead atoms. The number of amides is 2. The second-order valence-electron chi connectivity index (χ2n) is 4.03. The van der Waals surface area contributed by atoms with E-state index >= 15 is 0 Å². The lowest BCUT2D eigenvalue weighted by Crippen LogP contribution is -2.25. The largest absolute Gasteiger partial charge is 0.350 e. The molecular formula is C10H17N3O. The molecular weight excluding hydrogens is 178 g/mol. The van der Waals surface area contributed by atoms with Crippen LogP contribution in [-0.2, 0) is 0 Å². The van der Waals surface area contributed by atoms with E-state index in [4.69, 9.17) is 5.73 Å². The molecule has 3 N–H and O–H groups in total. The van der Waals surface area contributed by atoms with E-state index in [0.717, 1.165) is 18.6 Å². The third-order valence-electron chi connectivity index (χ3n) is 2.35. The summed E-state index contributed by atoms with van der Waals surface area (Å²) in [5, 5.41) is 4.01. The van der Waals surface area contributed by atoms with Gasteiger partial charge in [-0.15, -0.1) is 0 Å². The van der Waals surface area contributed by atoms with Gasteiger partial charge in [0.05, 0.1) is 5.71 Å². The van der Waals surface area contributed by atoms with Gasteiger partial charge in [0.1, 0.15) is 0 Å². The Morgan fingerprint density at radius 1 is 1.50 bits per heavy atom. The predicted molar refractivity (Wildman–Crippen MR) is 56.9 cm³/mol. The van der Waals surface area contributed by atoms with Gasteiger partial charge in [-0.05, 0) is 38.2 Å². The van der Waals surface area contributed by atoms with Crippen molar-refractivity contribution < 1.29 is 4.79 Å². The van der Waals surface area contributed by atoms with Crippen molar-refractivity contribution in [3.63, 3.8) is 0 Å². The fraction of sp³-hybridized carbons (Fsp3) is 0.600. The van der Waals surface area contributed by atoms with E-state index in [1.54, 1.807) is 0 Å². The van der Waals surface area contributed by atoms with E-state index in [9.17, 15) is 4.79 Å². The van der Waals surface area contributed by atoms with Gasteiger partial charge < -0.3 is 5.73 Å². The second kappa shape index (κ2) is 4.26. The van der Waals surface area contributed by atoms with Crippen LogP contribution in [0.4, 0.5) is 4.79 Å². The van der Waals surface area contributed by atoms with Crippen LogP contribution >= 0.6 is 0 Å². The molecule has 0 heterocycles. The summed E-state index contributed by atoms with van der Waals surface area (Å²) in [5.74, 6) is 0.605. The summed E-state index contributed by atoms with van der Waals surface area (Å²) in [6.07, 6.45) is 1.96. The molecule has 0 aromatic rings. The molecule has 1 aliphatic rings. The molecule has 1 fully saturated rings. The molecule has 0 saturated heterocycles. The average molecular weight is 195 g/mol. The van der Waals surface area contributed by atoms with Crippen LogP contribution in [-0.4, -0.2) is 11.7 Å². The number of urea groups is 1. The number of nitrogens with two attached hydrogens (primary N) is 1. The van der Waals surface area contributed by atoms with Crippen molar-refractivity contribution in [2.75, 3.05) is 0 Å². The Hall–Kier alpha value is -1.32. The Labute approximate surface area is 84.2 Å². The van der Waals surface area contributed by atoms with Gasteiger partial charge in [0.25, 0.3) is 0 Å². The van der Waals surface area contributed by atoms with Crippen LogP contribution in [0, 0.1) is 5.92 Å². The Bertz CT molecular complexity index is 300. The Morgan fingerprint density at radius 2 is 2.14 bits per heavy atom. The van der Waals surface area contributed by atoms with Gasteiger partial charge in [-0.2, -0.15) is 5.10 Å². The molecule has 1 atom stereocenters. The van der Waals surface area contributed by atoms with Gasteiger partial charge in [-0.3, -0.25) is 0 Å². The van der Waals surface area contributed by atoms with E-state index in [1.165, 1.54) is 11.1 Å². The number of hydrogen-bond donors (Lipinski definition) is 2. The molecule has 0 spiro atoms. The van der Waals surface area contributed by atoms with E-state index in [2.05, 4.69) is 31.3 Å². The normalized spacial score (nSPS) is 24.1. The zero-order valence-electron chi connectivity index (χ0n) is 8.92. The standard InChI is InChI=1S/C10H17N3O/c1-6(2)8-4-7(3)5-9(8)12-13-10(11)14/h7H,4-5H2,1-3H3,(H3,11,13,14)/b12-9+. The van der Waals surface area contributed by atoms with Crippen LogP contribution < -0.4 is 11.2 Å². The van der Waals surface area contributed by atoms with E-state index < -0.39 is 6.03 Å². The quantitative estimate of drug-likeness (QED) is 0.615. The van der Waals surface area contributed by atoms with Gasteiger partial charge >= 0.3 is 6.03 Å². The maximum absolute atomic E-state index is 10.5.